The van der Waals surface area contributed by atoms with E-state index in [1.54, 1.807) is 28.4 Å². The van der Waals surface area contributed by atoms with E-state index in [9.17, 15) is 4.79 Å². The van der Waals surface area contributed by atoms with E-state index >= 15 is 0 Å². The molecule has 3 aromatic rings. The van der Waals surface area contributed by atoms with Gasteiger partial charge in [-0.05, 0) is 12.1 Å². The Bertz CT molecular complexity index is 814. The molecule has 0 N–H and O–H groups in total. The second-order valence-corrected chi connectivity index (χ2v) is 6.37. The number of carbonyl (C=O) groups excluding carboxylic acids is 1. The monoisotopic (exact) mass is 340 g/mol. The number of morpholine rings is 1. The third kappa shape index (κ3) is 2.86. The molecule has 4 rings (SSSR count). The summed E-state index contributed by atoms with van der Waals surface area (Å²) in [5.41, 5.74) is 1.94. The number of aromatic nitrogens is 1. The van der Waals surface area contributed by atoms with Crippen LogP contribution in [0.15, 0.2) is 58.5 Å². The van der Waals surface area contributed by atoms with Crippen LogP contribution in [0.4, 0.5) is 0 Å². The standard InChI is InChI=1S/C18H16N2O3S/c21-18(16-7-4-9-23-16)20-8-10-22-11-15(20)14-12-24-17(19-14)13-5-2-1-3-6-13/h1-7,9,12,15H,8,10-11H2. The van der Waals surface area contributed by atoms with Gasteiger partial charge in [0.05, 0.1) is 31.2 Å². The van der Waals surface area contributed by atoms with Gasteiger partial charge in [0.25, 0.3) is 5.91 Å². The number of hydrogen-bond acceptors (Lipinski definition) is 5. The Labute approximate surface area is 143 Å². The summed E-state index contributed by atoms with van der Waals surface area (Å²) >= 11 is 1.58. The molecule has 24 heavy (non-hydrogen) atoms. The maximum atomic E-state index is 12.7. The minimum Gasteiger partial charge on any atom is -0.459 e. The molecule has 1 aromatic carbocycles. The van der Waals surface area contributed by atoms with E-state index < -0.39 is 0 Å². The van der Waals surface area contributed by atoms with Crippen molar-refractivity contribution in [1.29, 1.82) is 0 Å². The number of rotatable bonds is 3. The number of furan rings is 1. The molecule has 5 nitrogen and oxygen atoms in total. The maximum absolute atomic E-state index is 12.7. The van der Waals surface area contributed by atoms with Crippen molar-refractivity contribution in [1.82, 2.24) is 9.88 Å². The van der Waals surface area contributed by atoms with Gasteiger partial charge in [-0.25, -0.2) is 4.98 Å². The van der Waals surface area contributed by atoms with Crippen molar-refractivity contribution in [3.8, 4) is 10.6 Å². The molecule has 122 valence electrons. The van der Waals surface area contributed by atoms with E-state index in [0.717, 1.165) is 16.3 Å². The zero-order chi connectivity index (χ0) is 16.4. The van der Waals surface area contributed by atoms with Gasteiger partial charge in [0, 0.05) is 17.5 Å². The third-order valence-corrected chi connectivity index (χ3v) is 4.91. The number of amides is 1. The Morgan fingerprint density at radius 2 is 2.08 bits per heavy atom. The zero-order valence-corrected chi connectivity index (χ0v) is 13.7. The Kier molecular flexibility index (Phi) is 4.15. The van der Waals surface area contributed by atoms with Crippen LogP contribution in [-0.2, 0) is 4.74 Å². The SMILES string of the molecule is O=C(c1ccco1)N1CCOCC1c1csc(-c2ccccc2)n1. The molecule has 1 aliphatic rings. The van der Waals surface area contributed by atoms with Gasteiger partial charge in [-0.2, -0.15) is 0 Å². The van der Waals surface area contributed by atoms with Gasteiger partial charge in [-0.3, -0.25) is 4.79 Å². The molecule has 0 radical (unpaired) electrons. The smallest absolute Gasteiger partial charge is 0.290 e. The van der Waals surface area contributed by atoms with Gasteiger partial charge in [0.15, 0.2) is 5.76 Å². The second kappa shape index (κ2) is 6.59. The largest absolute Gasteiger partial charge is 0.459 e. The molecular formula is C18H16N2O3S. The summed E-state index contributed by atoms with van der Waals surface area (Å²) in [5, 5.41) is 2.95. The number of benzene rings is 1. The Hall–Kier alpha value is -2.44. The van der Waals surface area contributed by atoms with E-state index in [1.807, 2.05) is 35.7 Å². The lowest BCUT2D eigenvalue weighted by Crippen LogP contribution is -2.43. The summed E-state index contributed by atoms with van der Waals surface area (Å²) in [4.78, 5) is 19.2. The van der Waals surface area contributed by atoms with Gasteiger partial charge < -0.3 is 14.1 Å². The first-order chi connectivity index (χ1) is 11.8. The van der Waals surface area contributed by atoms with Crippen molar-refractivity contribution >= 4 is 17.2 Å². The molecule has 6 heteroatoms. The minimum atomic E-state index is -0.190. The van der Waals surface area contributed by atoms with Crippen LogP contribution in [0, 0.1) is 0 Å². The van der Waals surface area contributed by atoms with E-state index in [2.05, 4.69) is 0 Å². The number of nitrogens with zero attached hydrogens (tertiary/aromatic N) is 2. The van der Waals surface area contributed by atoms with Crippen LogP contribution < -0.4 is 0 Å². The summed E-state index contributed by atoms with van der Waals surface area (Å²) in [7, 11) is 0. The predicted molar refractivity (Wildman–Crippen MR) is 90.9 cm³/mol. The quantitative estimate of drug-likeness (QED) is 0.731. The van der Waals surface area contributed by atoms with Crippen molar-refractivity contribution < 1.29 is 13.9 Å². The molecule has 0 bridgehead atoms. The molecule has 0 spiro atoms. The topological polar surface area (TPSA) is 55.6 Å². The second-order valence-electron chi connectivity index (χ2n) is 5.51. The molecule has 0 saturated carbocycles. The first-order valence-corrected chi connectivity index (χ1v) is 8.64. The highest BCUT2D eigenvalue weighted by atomic mass is 32.1. The van der Waals surface area contributed by atoms with Crippen molar-refractivity contribution in [2.75, 3.05) is 19.8 Å². The molecule has 1 aliphatic heterocycles. The number of carbonyl (C=O) groups is 1. The molecular weight excluding hydrogens is 324 g/mol. The molecule has 1 unspecified atom stereocenters. The van der Waals surface area contributed by atoms with Gasteiger partial charge in [0.2, 0.25) is 0 Å². The number of thiazole rings is 1. The van der Waals surface area contributed by atoms with Crippen molar-refractivity contribution in [3.63, 3.8) is 0 Å². The van der Waals surface area contributed by atoms with Crippen molar-refractivity contribution in [2.24, 2.45) is 0 Å². The average Bonchev–Trinajstić information content (AvgIpc) is 3.34. The first kappa shape index (κ1) is 15.1. The third-order valence-electron chi connectivity index (χ3n) is 4.01. The van der Waals surface area contributed by atoms with Crippen LogP contribution in [0.25, 0.3) is 10.6 Å². The highest BCUT2D eigenvalue weighted by molar-refractivity contribution is 7.13. The van der Waals surface area contributed by atoms with Crippen LogP contribution in [0.5, 0.6) is 0 Å². The summed E-state index contributed by atoms with van der Waals surface area (Å²) in [6.07, 6.45) is 1.51. The molecule has 1 atom stereocenters. The molecule has 2 aromatic heterocycles. The molecule has 3 heterocycles. The minimum absolute atomic E-state index is 0.123. The summed E-state index contributed by atoms with van der Waals surface area (Å²) in [6.45, 7) is 1.51. The lowest BCUT2D eigenvalue weighted by Gasteiger charge is -2.34. The van der Waals surface area contributed by atoms with Crippen LogP contribution in [0.3, 0.4) is 0 Å². The summed E-state index contributed by atoms with van der Waals surface area (Å²) in [5.74, 6) is 0.225. The molecule has 1 saturated heterocycles. The summed E-state index contributed by atoms with van der Waals surface area (Å²) in [6, 6.07) is 13.3. The van der Waals surface area contributed by atoms with Gasteiger partial charge in [-0.15, -0.1) is 11.3 Å². The highest BCUT2D eigenvalue weighted by Crippen LogP contribution is 2.31. The number of hydrogen-bond donors (Lipinski definition) is 0. The van der Waals surface area contributed by atoms with E-state index in [4.69, 9.17) is 14.1 Å². The lowest BCUT2D eigenvalue weighted by atomic mass is 10.1. The maximum Gasteiger partial charge on any atom is 0.290 e. The fraction of sp³-hybridized carbons (Fsp3) is 0.222. The predicted octanol–water partition coefficient (Wildman–Crippen LogP) is 3.62. The Balaban J connectivity index is 1.62. The Morgan fingerprint density at radius 3 is 2.88 bits per heavy atom. The fourth-order valence-electron chi connectivity index (χ4n) is 2.79. The van der Waals surface area contributed by atoms with E-state index in [0.29, 0.717) is 25.5 Å². The molecule has 0 aliphatic carbocycles. The van der Waals surface area contributed by atoms with Gasteiger partial charge in [0.1, 0.15) is 5.01 Å². The van der Waals surface area contributed by atoms with Crippen LogP contribution in [0.1, 0.15) is 22.3 Å². The Morgan fingerprint density at radius 1 is 1.21 bits per heavy atom. The average molecular weight is 340 g/mol. The van der Waals surface area contributed by atoms with Crippen LogP contribution in [-0.4, -0.2) is 35.5 Å². The number of ether oxygens (including phenoxy) is 1. The highest BCUT2D eigenvalue weighted by Gasteiger charge is 2.32. The van der Waals surface area contributed by atoms with Crippen LogP contribution >= 0.6 is 11.3 Å². The van der Waals surface area contributed by atoms with Gasteiger partial charge in [-0.1, -0.05) is 30.3 Å². The fourth-order valence-corrected chi connectivity index (χ4v) is 3.66. The normalized spacial score (nSPS) is 17.8. The zero-order valence-electron chi connectivity index (χ0n) is 12.9. The van der Waals surface area contributed by atoms with Gasteiger partial charge >= 0.3 is 0 Å². The first-order valence-electron chi connectivity index (χ1n) is 7.76. The molecule has 1 fully saturated rings. The van der Waals surface area contributed by atoms with Crippen LogP contribution in [0.2, 0.25) is 0 Å². The van der Waals surface area contributed by atoms with Crippen molar-refractivity contribution in [3.05, 3.63) is 65.6 Å². The molecule has 1 amide bonds. The van der Waals surface area contributed by atoms with E-state index in [-0.39, 0.29) is 11.9 Å². The van der Waals surface area contributed by atoms with E-state index in [1.165, 1.54) is 6.26 Å². The summed E-state index contributed by atoms with van der Waals surface area (Å²) < 4.78 is 10.8. The lowest BCUT2D eigenvalue weighted by molar-refractivity contribution is -0.00526. The van der Waals surface area contributed by atoms with Crippen molar-refractivity contribution in [2.45, 2.75) is 6.04 Å².